The van der Waals surface area contributed by atoms with Crippen LogP contribution in [-0.4, -0.2) is 54.8 Å². The molecule has 0 spiro atoms. The predicted octanol–water partition coefficient (Wildman–Crippen LogP) is -1.60. The minimum absolute atomic E-state index is 0.227. The van der Waals surface area contributed by atoms with Crippen molar-refractivity contribution in [3.8, 4) is 0 Å². The number of aliphatic carboxylic acids is 1. The van der Waals surface area contributed by atoms with E-state index in [2.05, 4.69) is 0 Å². The Hall–Kier alpha value is -1.35. The summed E-state index contributed by atoms with van der Waals surface area (Å²) in [5.41, 5.74) is 4.93. The highest BCUT2D eigenvalue weighted by molar-refractivity contribution is 7.85. The molecule has 0 aromatic carbocycles. The Bertz CT molecular complexity index is 290. The van der Waals surface area contributed by atoms with Crippen LogP contribution in [0.3, 0.4) is 0 Å². The van der Waals surface area contributed by atoms with E-state index in [-0.39, 0.29) is 12.5 Å². The molecule has 84 valence electrons. The Morgan fingerprint density at radius 3 is 1.93 bits per heavy atom. The van der Waals surface area contributed by atoms with E-state index in [1.165, 1.54) is 7.05 Å². The van der Waals surface area contributed by atoms with E-state index in [1.807, 2.05) is 0 Å². The molecule has 0 atom stereocenters. The summed E-state index contributed by atoms with van der Waals surface area (Å²) in [5, 5.41) is 14.9. The summed E-state index contributed by atoms with van der Waals surface area (Å²) >= 11 is 0. The van der Waals surface area contributed by atoms with E-state index in [9.17, 15) is 13.2 Å². The summed E-state index contributed by atoms with van der Waals surface area (Å²) in [6.45, 7) is -0.227. The second-order valence-corrected chi connectivity index (χ2v) is 3.83. The number of nitrogens with zero attached hydrogens (tertiary/aromatic N) is 1. The molecule has 0 aliphatic carbocycles. The van der Waals surface area contributed by atoms with Gasteiger partial charge in [-0.2, -0.15) is 8.42 Å². The van der Waals surface area contributed by atoms with Gasteiger partial charge in [0.25, 0.3) is 10.1 Å². The second kappa shape index (κ2) is 6.16. The number of nitrogens with two attached hydrogens (primary N) is 1. The molecular weight excluding hydrogens is 214 g/mol. The van der Waals surface area contributed by atoms with E-state index in [0.29, 0.717) is 6.26 Å². The Labute approximate surface area is 81.6 Å². The van der Waals surface area contributed by atoms with Gasteiger partial charge < -0.3 is 15.7 Å². The standard InChI is InChI=1S/C4H9N3O2.CH4O3S/c1-7(4(5)6)2-3(8)9;1-5(2,3)4/h2H2,1H3,(H3,5,6)(H,8,9);1H3,(H,2,3,4). The molecule has 0 bridgehead atoms. The van der Waals surface area contributed by atoms with Crippen LogP contribution in [0.15, 0.2) is 0 Å². The van der Waals surface area contributed by atoms with Crippen LogP contribution in [0.1, 0.15) is 0 Å². The predicted molar refractivity (Wildman–Crippen MR) is 49.7 cm³/mol. The summed E-state index contributed by atoms with van der Waals surface area (Å²) in [6, 6.07) is 0. The molecule has 0 aromatic rings. The number of likely N-dealkylation sites (N-methyl/N-ethyl adjacent to an activating group) is 1. The van der Waals surface area contributed by atoms with E-state index < -0.39 is 16.1 Å². The van der Waals surface area contributed by atoms with E-state index in [4.69, 9.17) is 20.8 Å². The van der Waals surface area contributed by atoms with Crippen molar-refractivity contribution < 1.29 is 22.9 Å². The van der Waals surface area contributed by atoms with Gasteiger partial charge >= 0.3 is 5.97 Å². The number of hydrogen-bond acceptors (Lipinski definition) is 4. The first-order valence-corrected chi connectivity index (χ1v) is 5.08. The topological polar surface area (TPSA) is 145 Å². The third kappa shape index (κ3) is 22.4. The van der Waals surface area contributed by atoms with Gasteiger partial charge in [-0.1, -0.05) is 0 Å². The Morgan fingerprint density at radius 2 is 1.86 bits per heavy atom. The molecule has 0 heterocycles. The number of rotatable bonds is 2. The van der Waals surface area contributed by atoms with Crippen molar-refractivity contribution in [2.75, 3.05) is 19.8 Å². The van der Waals surface area contributed by atoms with E-state index >= 15 is 0 Å². The molecule has 0 aromatic heterocycles. The van der Waals surface area contributed by atoms with Gasteiger partial charge in [0, 0.05) is 7.05 Å². The van der Waals surface area contributed by atoms with Gasteiger partial charge in [0.05, 0.1) is 6.26 Å². The number of hydrogen-bond donors (Lipinski definition) is 4. The van der Waals surface area contributed by atoms with Crippen LogP contribution >= 0.6 is 0 Å². The van der Waals surface area contributed by atoms with Crippen molar-refractivity contribution in [1.82, 2.24) is 4.90 Å². The van der Waals surface area contributed by atoms with Gasteiger partial charge in [-0.3, -0.25) is 14.8 Å². The van der Waals surface area contributed by atoms with E-state index in [0.717, 1.165) is 4.90 Å². The van der Waals surface area contributed by atoms with Crippen LogP contribution in [0.5, 0.6) is 0 Å². The van der Waals surface area contributed by atoms with Gasteiger partial charge in [0.1, 0.15) is 6.54 Å². The zero-order valence-corrected chi connectivity index (χ0v) is 8.58. The molecule has 0 rings (SSSR count). The van der Waals surface area contributed by atoms with Crippen LogP contribution in [-0.2, 0) is 14.9 Å². The van der Waals surface area contributed by atoms with Gasteiger partial charge in [-0.05, 0) is 0 Å². The van der Waals surface area contributed by atoms with Crippen molar-refractivity contribution >= 4 is 22.0 Å². The fraction of sp³-hybridized carbons (Fsp3) is 0.600. The van der Waals surface area contributed by atoms with Crippen LogP contribution in [0.25, 0.3) is 0 Å². The molecule has 0 aliphatic rings. The number of guanidine groups is 1. The molecule has 0 saturated heterocycles. The van der Waals surface area contributed by atoms with Gasteiger partial charge in [0.2, 0.25) is 0 Å². The molecule has 9 heteroatoms. The van der Waals surface area contributed by atoms with Gasteiger partial charge in [-0.15, -0.1) is 0 Å². The molecular formula is C5H13N3O5S. The average molecular weight is 227 g/mol. The van der Waals surface area contributed by atoms with Crippen LogP contribution in [0.2, 0.25) is 0 Å². The smallest absolute Gasteiger partial charge is 0.323 e. The van der Waals surface area contributed by atoms with Crippen LogP contribution < -0.4 is 5.73 Å². The molecule has 0 amide bonds. The summed E-state index contributed by atoms with van der Waals surface area (Å²) in [5.74, 6) is -1.23. The first-order valence-electron chi connectivity index (χ1n) is 3.23. The average Bonchev–Trinajstić information content (AvgIpc) is 1.80. The van der Waals surface area contributed by atoms with Crippen molar-refractivity contribution in [2.24, 2.45) is 5.73 Å². The Morgan fingerprint density at radius 1 is 1.57 bits per heavy atom. The first-order chi connectivity index (χ1) is 6.04. The second-order valence-electron chi connectivity index (χ2n) is 2.37. The maximum Gasteiger partial charge on any atom is 0.323 e. The number of carbonyl (C=O) groups is 1. The minimum atomic E-state index is -3.67. The Balaban J connectivity index is 0. The zero-order chi connectivity index (χ0) is 11.9. The van der Waals surface area contributed by atoms with Crippen LogP contribution in [0, 0.1) is 5.41 Å². The molecule has 0 saturated carbocycles. The highest BCUT2D eigenvalue weighted by Crippen LogP contribution is 1.76. The van der Waals surface area contributed by atoms with Gasteiger partial charge in [0.15, 0.2) is 5.96 Å². The SMILES string of the molecule is CN(CC(=O)O)C(=N)N.CS(=O)(=O)O. The minimum Gasteiger partial charge on any atom is -0.480 e. The molecule has 0 unspecified atom stereocenters. The highest BCUT2D eigenvalue weighted by Gasteiger charge is 2.03. The van der Waals surface area contributed by atoms with Crippen molar-refractivity contribution in [2.45, 2.75) is 0 Å². The normalized spacial score (nSPS) is 9.64. The van der Waals surface area contributed by atoms with Gasteiger partial charge in [-0.25, -0.2) is 0 Å². The highest BCUT2D eigenvalue weighted by atomic mass is 32.2. The summed E-state index contributed by atoms with van der Waals surface area (Å²) in [4.78, 5) is 11.0. The fourth-order valence-electron chi connectivity index (χ4n) is 0.288. The third-order valence-corrected chi connectivity index (χ3v) is 0.784. The largest absolute Gasteiger partial charge is 0.480 e. The molecule has 0 aliphatic heterocycles. The maximum atomic E-state index is 9.92. The molecule has 8 nitrogen and oxygen atoms in total. The summed E-state index contributed by atoms with van der Waals surface area (Å²) < 4.78 is 25.9. The molecule has 5 N–H and O–H groups in total. The zero-order valence-electron chi connectivity index (χ0n) is 7.76. The first kappa shape index (κ1) is 15.1. The molecule has 14 heavy (non-hydrogen) atoms. The van der Waals surface area contributed by atoms with Crippen molar-refractivity contribution in [3.05, 3.63) is 0 Å². The maximum absolute atomic E-state index is 9.92. The fourth-order valence-corrected chi connectivity index (χ4v) is 0.288. The van der Waals surface area contributed by atoms with Crippen molar-refractivity contribution in [3.63, 3.8) is 0 Å². The monoisotopic (exact) mass is 227 g/mol. The number of carboxylic acid groups (broad SMARTS) is 1. The number of nitrogens with one attached hydrogen (secondary N) is 1. The van der Waals surface area contributed by atoms with Crippen LogP contribution in [0.4, 0.5) is 0 Å². The Kier molecular flexibility index (Phi) is 6.66. The molecule has 0 radical (unpaired) electrons. The lowest BCUT2D eigenvalue weighted by Gasteiger charge is -2.12. The number of carboxylic acids is 1. The summed E-state index contributed by atoms with van der Waals surface area (Å²) in [7, 11) is -2.23. The lowest BCUT2D eigenvalue weighted by atomic mass is 10.6. The lowest BCUT2D eigenvalue weighted by Crippen LogP contribution is -2.36. The lowest BCUT2D eigenvalue weighted by molar-refractivity contribution is -0.137. The van der Waals surface area contributed by atoms with Crippen molar-refractivity contribution in [1.29, 1.82) is 5.41 Å². The van der Waals surface area contributed by atoms with E-state index in [1.54, 1.807) is 0 Å². The summed E-state index contributed by atoms with van der Waals surface area (Å²) in [6.07, 6.45) is 0.715. The third-order valence-electron chi connectivity index (χ3n) is 0.784. The molecule has 0 fully saturated rings. The quantitative estimate of drug-likeness (QED) is 0.252.